The minimum absolute atomic E-state index is 0.771. The Hall–Kier alpha value is -2.42. The molecule has 4 rings (SSSR count). The number of ether oxygens (including phenoxy) is 1. The van der Waals surface area contributed by atoms with E-state index in [2.05, 4.69) is 41.5 Å². The molecule has 5 heteroatoms. The third-order valence-corrected chi connectivity index (χ3v) is 7.25. The van der Waals surface area contributed by atoms with Crippen molar-refractivity contribution in [2.45, 2.75) is 0 Å². The van der Waals surface area contributed by atoms with Gasteiger partial charge in [0.2, 0.25) is 0 Å². The summed E-state index contributed by atoms with van der Waals surface area (Å²) >= 11 is 1.48. The summed E-state index contributed by atoms with van der Waals surface area (Å²) in [4.78, 5) is 0. The molecule has 3 aromatic carbocycles. The van der Waals surface area contributed by atoms with Gasteiger partial charge in [-0.1, -0.05) is 48.5 Å². The van der Waals surface area contributed by atoms with E-state index in [-0.39, 0.29) is 0 Å². The Morgan fingerprint density at radius 2 is 1.54 bits per heavy atom. The van der Waals surface area contributed by atoms with Gasteiger partial charge in [-0.25, -0.2) is 0 Å². The van der Waals surface area contributed by atoms with Crippen LogP contribution in [-0.2, 0) is 0 Å². The zero-order chi connectivity index (χ0) is 17.8. The van der Waals surface area contributed by atoms with Gasteiger partial charge < -0.3 is 14.0 Å². The summed E-state index contributed by atoms with van der Waals surface area (Å²) in [6.45, 7) is 0. The monoisotopic (exact) mass is 379 g/mol. The summed E-state index contributed by atoms with van der Waals surface area (Å²) in [5.41, 5.74) is 3.50. The normalized spacial score (nSPS) is 15.4. The maximum Gasteiger partial charge on any atom is 0.137 e. The average molecular weight is 379 g/mol. The minimum Gasteiger partial charge on any atom is -0.497 e. The quantitative estimate of drug-likeness (QED) is 0.397. The number of nitrogens with one attached hydrogen (secondary N) is 1. The second-order valence-electron chi connectivity index (χ2n) is 5.72. The van der Waals surface area contributed by atoms with Crippen LogP contribution in [0, 0.1) is 0 Å². The van der Waals surface area contributed by atoms with Crippen LogP contribution in [0.2, 0.25) is 0 Å². The Kier molecular flexibility index (Phi) is 5.14. The smallest absolute Gasteiger partial charge is 0.137 e. The predicted molar refractivity (Wildman–Crippen MR) is 113 cm³/mol. The van der Waals surface area contributed by atoms with Crippen LogP contribution in [0.5, 0.6) is 11.5 Å². The lowest BCUT2D eigenvalue weighted by atomic mass is 10.1. The third kappa shape index (κ3) is 3.72. The van der Waals surface area contributed by atoms with Gasteiger partial charge in [0.05, 0.1) is 7.11 Å². The number of methoxy groups -OCH3 is 1. The van der Waals surface area contributed by atoms with Crippen LogP contribution in [0.1, 0.15) is 11.1 Å². The van der Waals surface area contributed by atoms with E-state index in [9.17, 15) is 0 Å². The molecule has 130 valence electrons. The van der Waals surface area contributed by atoms with Gasteiger partial charge in [-0.2, -0.15) is 0 Å². The molecule has 0 saturated carbocycles. The number of anilines is 1. The Labute approximate surface area is 158 Å². The first-order valence-corrected chi connectivity index (χ1v) is 10.9. The van der Waals surface area contributed by atoms with Crippen molar-refractivity contribution in [2.24, 2.45) is 0 Å². The molecule has 0 radical (unpaired) electrons. The molecule has 0 fully saturated rings. The molecule has 0 spiro atoms. The van der Waals surface area contributed by atoms with Gasteiger partial charge >= 0.3 is 0 Å². The van der Waals surface area contributed by atoms with Crippen molar-refractivity contribution >= 4 is 36.0 Å². The van der Waals surface area contributed by atoms with E-state index in [4.69, 9.17) is 8.92 Å². The fourth-order valence-corrected chi connectivity index (χ4v) is 5.85. The third-order valence-electron chi connectivity index (χ3n) is 4.03. The van der Waals surface area contributed by atoms with Crippen LogP contribution in [0.15, 0.2) is 78.9 Å². The molecule has 3 nitrogen and oxygen atoms in total. The van der Waals surface area contributed by atoms with Gasteiger partial charge in [0.1, 0.15) is 30.4 Å². The highest BCUT2D eigenvalue weighted by Crippen LogP contribution is 2.63. The summed E-state index contributed by atoms with van der Waals surface area (Å²) in [6.07, 6.45) is 2.25. The Bertz CT molecular complexity index is 913. The highest BCUT2D eigenvalue weighted by Gasteiger charge is 2.24. The first kappa shape index (κ1) is 17.0. The maximum atomic E-state index is 5.97. The van der Waals surface area contributed by atoms with E-state index >= 15 is 0 Å². The average Bonchev–Trinajstić information content (AvgIpc) is 2.72. The zero-order valence-corrected chi connectivity index (χ0v) is 16.0. The number of hydrogen-bond donors (Lipinski definition) is 1. The molecule has 1 atom stereocenters. The topological polar surface area (TPSA) is 30.5 Å². The lowest BCUT2D eigenvalue weighted by Crippen LogP contribution is -2.01. The molecule has 0 bridgehead atoms. The van der Waals surface area contributed by atoms with Crippen LogP contribution in [0.3, 0.4) is 0 Å². The van der Waals surface area contributed by atoms with Gasteiger partial charge in [0.25, 0.3) is 0 Å². The van der Waals surface area contributed by atoms with Crippen molar-refractivity contribution in [3.8, 4) is 11.5 Å². The molecule has 0 aromatic heterocycles. The van der Waals surface area contributed by atoms with E-state index in [1.54, 1.807) is 7.11 Å². The molecule has 0 aliphatic carbocycles. The molecule has 26 heavy (non-hydrogen) atoms. The first-order valence-electron chi connectivity index (χ1n) is 8.25. The van der Waals surface area contributed by atoms with Crippen molar-refractivity contribution < 1.29 is 8.92 Å². The number of fused-ring (bicyclic) bond motifs is 1. The van der Waals surface area contributed by atoms with Crippen molar-refractivity contribution in [2.75, 3.05) is 12.2 Å². The van der Waals surface area contributed by atoms with Gasteiger partial charge in [-0.05, 0) is 47.5 Å². The Morgan fingerprint density at radius 3 is 2.31 bits per heavy atom. The predicted octanol–water partition coefficient (Wildman–Crippen LogP) is 6.66. The number of rotatable bonds is 5. The second-order valence-corrected chi connectivity index (χ2v) is 8.87. The highest BCUT2D eigenvalue weighted by atomic mass is 32.7. The van der Waals surface area contributed by atoms with E-state index in [1.165, 1.54) is 28.1 Å². The van der Waals surface area contributed by atoms with Gasteiger partial charge in [0, 0.05) is 11.0 Å². The summed E-state index contributed by atoms with van der Waals surface area (Å²) in [6, 6.07) is 26.4. The van der Waals surface area contributed by atoms with Gasteiger partial charge in [-0.3, -0.25) is 0 Å². The van der Waals surface area contributed by atoms with Crippen molar-refractivity contribution in [1.82, 2.24) is 0 Å². The molecule has 1 unspecified atom stereocenters. The summed E-state index contributed by atoms with van der Waals surface area (Å²) < 4.78 is 11.3. The second kappa shape index (κ2) is 7.86. The number of para-hydroxylation sites is 2. The van der Waals surface area contributed by atoms with Crippen LogP contribution in [0.25, 0.3) is 11.4 Å². The standard InChI is InChI=1S/C21H18NO2PS/c1-23-18-13-11-16(12-14-18)21-15-17-7-5-6-10-20(17)22-25(21)26-24-19-8-3-2-4-9-19/h2-15,22H,1H3. The van der Waals surface area contributed by atoms with E-state index in [1.807, 2.05) is 48.5 Å². The SMILES string of the molecule is COc1ccc(C2=Cc3ccccc3NP2SOc2ccccc2)cc1. The first-order chi connectivity index (χ1) is 12.8. The summed E-state index contributed by atoms with van der Waals surface area (Å²) in [5.74, 6) is 1.71. The number of benzene rings is 3. The molecular weight excluding hydrogens is 361 g/mol. The van der Waals surface area contributed by atoms with E-state index in [0.29, 0.717) is 0 Å². The molecule has 1 aliphatic heterocycles. The van der Waals surface area contributed by atoms with Gasteiger partial charge in [-0.15, -0.1) is 0 Å². The number of hydrogen-bond acceptors (Lipinski definition) is 4. The largest absolute Gasteiger partial charge is 0.497 e. The lowest BCUT2D eigenvalue weighted by molar-refractivity contribution is 0.415. The highest BCUT2D eigenvalue weighted by molar-refractivity contribution is 8.56. The summed E-state index contributed by atoms with van der Waals surface area (Å²) in [5, 5.41) is 4.89. The Balaban J connectivity index is 1.64. The van der Waals surface area contributed by atoms with Crippen molar-refractivity contribution in [1.29, 1.82) is 0 Å². The molecule has 1 aliphatic rings. The molecule has 0 amide bonds. The van der Waals surface area contributed by atoms with E-state index < -0.39 is 7.27 Å². The maximum absolute atomic E-state index is 5.97. The van der Waals surface area contributed by atoms with Gasteiger partial charge in [0.15, 0.2) is 0 Å². The van der Waals surface area contributed by atoms with E-state index in [0.717, 1.165) is 17.2 Å². The van der Waals surface area contributed by atoms with Crippen LogP contribution >= 0.6 is 18.9 Å². The van der Waals surface area contributed by atoms with Crippen LogP contribution in [0.4, 0.5) is 5.69 Å². The molecular formula is C21H18NO2PS. The molecule has 0 saturated heterocycles. The lowest BCUT2D eigenvalue weighted by Gasteiger charge is -2.26. The molecule has 1 heterocycles. The van der Waals surface area contributed by atoms with Crippen molar-refractivity contribution in [3.63, 3.8) is 0 Å². The minimum atomic E-state index is -0.771. The summed E-state index contributed by atoms with van der Waals surface area (Å²) in [7, 11) is 0.913. The molecule has 1 N–H and O–H groups in total. The van der Waals surface area contributed by atoms with Crippen LogP contribution in [-0.4, -0.2) is 7.11 Å². The fraction of sp³-hybridized carbons (Fsp3) is 0.0476. The van der Waals surface area contributed by atoms with Crippen LogP contribution < -0.4 is 14.0 Å². The fourth-order valence-electron chi connectivity index (χ4n) is 2.68. The zero-order valence-electron chi connectivity index (χ0n) is 14.3. The Morgan fingerprint density at radius 1 is 0.808 bits per heavy atom. The van der Waals surface area contributed by atoms with Crippen molar-refractivity contribution in [3.05, 3.63) is 90.0 Å². The molecule has 3 aromatic rings.